The zero-order valence-corrected chi connectivity index (χ0v) is 15.2. The third-order valence-electron chi connectivity index (χ3n) is 4.88. The molecule has 0 unspecified atom stereocenters. The van der Waals surface area contributed by atoms with Crippen molar-refractivity contribution in [2.24, 2.45) is 0 Å². The van der Waals surface area contributed by atoms with Crippen LogP contribution in [0.25, 0.3) is 0 Å². The first kappa shape index (κ1) is 17.2. The summed E-state index contributed by atoms with van der Waals surface area (Å²) in [4.78, 5) is 16.9. The van der Waals surface area contributed by atoms with Gasteiger partial charge in [-0.25, -0.2) is 0 Å². The van der Waals surface area contributed by atoms with Gasteiger partial charge in [-0.05, 0) is 36.6 Å². The van der Waals surface area contributed by atoms with Crippen molar-refractivity contribution < 1.29 is 4.79 Å². The van der Waals surface area contributed by atoms with Crippen molar-refractivity contribution in [3.8, 4) is 0 Å². The number of thioether (sulfide) groups is 1. The second kappa shape index (κ2) is 7.09. The molecular formula is C16H21Cl2N3OS. The van der Waals surface area contributed by atoms with Crippen LogP contribution in [-0.2, 0) is 11.2 Å². The number of anilines is 1. The van der Waals surface area contributed by atoms with Gasteiger partial charge in [0.1, 0.15) is 0 Å². The number of hydrogen-bond donors (Lipinski definition) is 1. The van der Waals surface area contributed by atoms with E-state index in [1.807, 2.05) is 22.7 Å². The van der Waals surface area contributed by atoms with Crippen molar-refractivity contribution >= 4 is 47.4 Å². The van der Waals surface area contributed by atoms with Crippen LogP contribution in [0.2, 0.25) is 5.02 Å². The molecule has 1 amide bonds. The quantitative estimate of drug-likeness (QED) is 0.863. The Bertz CT molecular complexity index is 595. The average molecular weight is 374 g/mol. The SMILES string of the molecule is Cl.O=C([C@@H]1C[C@H](N2CCc3cc(Cl)ccc32)CN1)N1CCSC1. The van der Waals surface area contributed by atoms with E-state index < -0.39 is 0 Å². The molecule has 7 heteroatoms. The van der Waals surface area contributed by atoms with Gasteiger partial charge >= 0.3 is 0 Å². The lowest BCUT2D eigenvalue weighted by atomic mass is 10.1. The highest BCUT2D eigenvalue weighted by atomic mass is 35.5. The van der Waals surface area contributed by atoms with Crippen molar-refractivity contribution in [2.45, 2.75) is 24.9 Å². The highest BCUT2D eigenvalue weighted by molar-refractivity contribution is 7.99. The predicted molar refractivity (Wildman–Crippen MR) is 99.0 cm³/mol. The molecule has 1 aromatic carbocycles. The van der Waals surface area contributed by atoms with E-state index >= 15 is 0 Å². The highest BCUT2D eigenvalue weighted by Gasteiger charge is 2.37. The number of halogens is 2. The van der Waals surface area contributed by atoms with E-state index in [-0.39, 0.29) is 24.4 Å². The monoisotopic (exact) mass is 373 g/mol. The van der Waals surface area contributed by atoms with Gasteiger partial charge in [-0.15, -0.1) is 24.2 Å². The molecule has 0 saturated carbocycles. The standard InChI is InChI=1S/C16H20ClN3OS.ClH/c17-12-1-2-15-11(7-12)3-4-20(15)13-8-14(18-9-13)16(21)19-5-6-22-10-19;/h1-2,7,13-14,18H,3-6,8-10H2;1H/t13-,14-;/m0./s1. The minimum Gasteiger partial charge on any atom is -0.367 e. The third-order valence-corrected chi connectivity index (χ3v) is 6.08. The van der Waals surface area contributed by atoms with Gasteiger partial charge in [-0.3, -0.25) is 4.79 Å². The smallest absolute Gasteiger partial charge is 0.240 e. The Hall–Kier alpha value is -0.620. The fourth-order valence-electron chi connectivity index (χ4n) is 3.73. The van der Waals surface area contributed by atoms with E-state index in [9.17, 15) is 4.79 Å². The summed E-state index contributed by atoms with van der Waals surface area (Å²) in [7, 11) is 0. The van der Waals surface area contributed by atoms with Gasteiger partial charge in [0, 0.05) is 42.1 Å². The number of carbonyl (C=O) groups excluding carboxylic acids is 1. The molecule has 0 spiro atoms. The van der Waals surface area contributed by atoms with Crippen LogP contribution in [0.5, 0.6) is 0 Å². The van der Waals surface area contributed by atoms with Crippen molar-refractivity contribution in [1.82, 2.24) is 10.2 Å². The van der Waals surface area contributed by atoms with Gasteiger partial charge in [0.05, 0.1) is 11.9 Å². The number of benzene rings is 1. The minimum atomic E-state index is -0.0138. The zero-order valence-electron chi connectivity index (χ0n) is 12.8. The molecule has 4 rings (SSSR count). The highest BCUT2D eigenvalue weighted by Crippen LogP contribution is 2.34. The Labute approximate surface area is 152 Å². The van der Waals surface area contributed by atoms with Crippen molar-refractivity contribution in [1.29, 1.82) is 0 Å². The van der Waals surface area contributed by atoms with Crippen LogP contribution in [0.4, 0.5) is 5.69 Å². The molecule has 3 aliphatic heterocycles. The summed E-state index contributed by atoms with van der Waals surface area (Å²) < 4.78 is 0. The lowest BCUT2D eigenvalue weighted by molar-refractivity contribution is -0.131. The number of nitrogens with zero attached hydrogens (tertiary/aromatic N) is 2. The molecule has 0 aromatic heterocycles. The van der Waals surface area contributed by atoms with Crippen LogP contribution in [0.1, 0.15) is 12.0 Å². The summed E-state index contributed by atoms with van der Waals surface area (Å²) in [6.07, 6.45) is 1.95. The van der Waals surface area contributed by atoms with E-state index in [2.05, 4.69) is 22.3 Å². The molecule has 1 N–H and O–H groups in total. The number of hydrogen-bond acceptors (Lipinski definition) is 4. The Balaban J connectivity index is 0.00000156. The summed E-state index contributed by atoms with van der Waals surface area (Å²) >= 11 is 7.93. The Morgan fingerprint density at radius 2 is 2.22 bits per heavy atom. The normalized spacial score (nSPS) is 26.3. The van der Waals surface area contributed by atoms with E-state index in [4.69, 9.17) is 11.6 Å². The first-order valence-corrected chi connectivity index (χ1v) is 9.40. The van der Waals surface area contributed by atoms with Crippen LogP contribution in [-0.4, -0.2) is 54.2 Å². The Morgan fingerprint density at radius 3 is 3.00 bits per heavy atom. The molecule has 3 aliphatic rings. The van der Waals surface area contributed by atoms with Crippen LogP contribution in [0.3, 0.4) is 0 Å². The van der Waals surface area contributed by atoms with Crippen molar-refractivity contribution in [3.63, 3.8) is 0 Å². The van der Waals surface area contributed by atoms with Gasteiger partial charge < -0.3 is 15.1 Å². The van der Waals surface area contributed by atoms with Gasteiger partial charge in [-0.1, -0.05) is 11.6 Å². The molecule has 3 heterocycles. The molecule has 0 radical (unpaired) electrons. The molecule has 23 heavy (non-hydrogen) atoms. The summed E-state index contributed by atoms with van der Waals surface area (Å²) in [6.45, 7) is 2.82. The maximum atomic E-state index is 12.5. The van der Waals surface area contributed by atoms with E-state index in [0.29, 0.717) is 6.04 Å². The van der Waals surface area contributed by atoms with Gasteiger partial charge in [0.25, 0.3) is 0 Å². The van der Waals surface area contributed by atoms with E-state index in [1.165, 1.54) is 11.3 Å². The molecule has 4 nitrogen and oxygen atoms in total. The summed E-state index contributed by atoms with van der Waals surface area (Å²) in [5.74, 6) is 2.21. The third kappa shape index (κ3) is 3.29. The molecule has 2 atom stereocenters. The fourth-order valence-corrected chi connectivity index (χ4v) is 4.88. The number of carbonyl (C=O) groups is 1. The summed E-state index contributed by atoms with van der Waals surface area (Å²) in [6, 6.07) is 6.55. The summed E-state index contributed by atoms with van der Waals surface area (Å²) in [5, 5.41) is 4.24. The molecule has 2 fully saturated rings. The molecular weight excluding hydrogens is 353 g/mol. The lowest BCUT2D eigenvalue weighted by Gasteiger charge is -2.26. The number of amides is 1. The number of fused-ring (bicyclic) bond motifs is 1. The van der Waals surface area contributed by atoms with Crippen molar-refractivity contribution in [2.75, 3.05) is 36.2 Å². The average Bonchev–Trinajstić information content (AvgIpc) is 3.25. The topological polar surface area (TPSA) is 35.6 Å². The largest absolute Gasteiger partial charge is 0.367 e. The molecule has 2 saturated heterocycles. The Kier molecular flexibility index (Phi) is 5.31. The zero-order chi connectivity index (χ0) is 15.1. The predicted octanol–water partition coefficient (Wildman–Crippen LogP) is 2.39. The van der Waals surface area contributed by atoms with Crippen LogP contribution < -0.4 is 10.2 Å². The second-order valence-corrected chi connectivity index (χ2v) is 7.72. The Morgan fingerprint density at radius 1 is 1.35 bits per heavy atom. The van der Waals surface area contributed by atoms with Gasteiger partial charge in [-0.2, -0.15) is 0 Å². The molecule has 0 aliphatic carbocycles. The molecule has 0 bridgehead atoms. The van der Waals surface area contributed by atoms with Crippen LogP contribution in [0, 0.1) is 0 Å². The second-order valence-electron chi connectivity index (χ2n) is 6.21. The fraction of sp³-hybridized carbons (Fsp3) is 0.562. The van der Waals surface area contributed by atoms with Gasteiger partial charge in [0.15, 0.2) is 0 Å². The molecule has 126 valence electrons. The number of nitrogens with one attached hydrogen (secondary N) is 1. The van der Waals surface area contributed by atoms with E-state index in [0.717, 1.165) is 49.1 Å². The first-order valence-electron chi connectivity index (χ1n) is 7.87. The lowest BCUT2D eigenvalue weighted by Crippen LogP contribution is -2.42. The van der Waals surface area contributed by atoms with E-state index in [1.54, 1.807) is 0 Å². The minimum absolute atomic E-state index is 0. The first-order chi connectivity index (χ1) is 10.7. The van der Waals surface area contributed by atoms with Gasteiger partial charge in [0.2, 0.25) is 5.91 Å². The number of rotatable bonds is 2. The van der Waals surface area contributed by atoms with Crippen LogP contribution in [0.15, 0.2) is 18.2 Å². The van der Waals surface area contributed by atoms with Crippen LogP contribution >= 0.6 is 35.8 Å². The maximum Gasteiger partial charge on any atom is 0.240 e. The summed E-state index contributed by atoms with van der Waals surface area (Å²) in [5.41, 5.74) is 2.62. The molecule has 1 aromatic rings. The maximum absolute atomic E-state index is 12.5. The van der Waals surface area contributed by atoms with Crippen molar-refractivity contribution in [3.05, 3.63) is 28.8 Å².